The summed E-state index contributed by atoms with van der Waals surface area (Å²) in [5, 5.41) is 0. The Kier molecular flexibility index (Phi) is 3.69. The summed E-state index contributed by atoms with van der Waals surface area (Å²) < 4.78 is 10.7. The quantitative estimate of drug-likeness (QED) is 0.873. The summed E-state index contributed by atoms with van der Waals surface area (Å²) in [7, 11) is 1.71. The largest absolute Gasteiger partial charge is 0.496 e. The number of hydrogen-bond donors (Lipinski definition) is 1. The average Bonchev–Trinajstić information content (AvgIpc) is 2.38. The summed E-state index contributed by atoms with van der Waals surface area (Å²) in [6.07, 6.45) is 2.74. The monoisotopic (exact) mass is 235 g/mol. The van der Waals surface area contributed by atoms with E-state index in [2.05, 4.69) is 19.1 Å². The minimum Gasteiger partial charge on any atom is -0.496 e. The molecular formula is C14H21NO2. The zero-order chi connectivity index (χ0) is 12.3. The molecule has 94 valence electrons. The van der Waals surface area contributed by atoms with Crippen LogP contribution in [0, 0.1) is 0 Å². The molecule has 0 radical (unpaired) electrons. The maximum absolute atomic E-state index is 6.47. The van der Waals surface area contributed by atoms with Crippen LogP contribution < -0.4 is 10.5 Å². The van der Waals surface area contributed by atoms with Crippen LogP contribution in [0.5, 0.6) is 5.75 Å². The van der Waals surface area contributed by atoms with Gasteiger partial charge in [-0.3, -0.25) is 0 Å². The summed E-state index contributed by atoms with van der Waals surface area (Å²) >= 11 is 0. The van der Waals surface area contributed by atoms with Gasteiger partial charge >= 0.3 is 0 Å². The molecule has 0 spiro atoms. The van der Waals surface area contributed by atoms with E-state index in [9.17, 15) is 0 Å². The fourth-order valence-corrected chi connectivity index (χ4v) is 2.39. The molecule has 3 heteroatoms. The maximum Gasteiger partial charge on any atom is 0.122 e. The molecule has 2 N–H and O–H groups in total. The molecule has 0 aromatic heterocycles. The van der Waals surface area contributed by atoms with Crippen LogP contribution in [-0.4, -0.2) is 20.3 Å². The molecule has 17 heavy (non-hydrogen) atoms. The number of methoxy groups -OCH3 is 1. The van der Waals surface area contributed by atoms with Gasteiger partial charge in [0.25, 0.3) is 0 Å². The van der Waals surface area contributed by atoms with Crippen LogP contribution in [0.3, 0.4) is 0 Å². The van der Waals surface area contributed by atoms with Crippen molar-refractivity contribution >= 4 is 0 Å². The molecule has 1 heterocycles. The van der Waals surface area contributed by atoms with Gasteiger partial charge in [-0.2, -0.15) is 0 Å². The summed E-state index contributed by atoms with van der Waals surface area (Å²) in [6.45, 7) is 3.64. The summed E-state index contributed by atoms with van der Waals surface area (Å²) in [5.74, 6) is 0.951. The third-order valence-electron chi connectivity index (χ3n) is 3.62. The van der Waals surface area contributed by atoms with Crippen LogP contribution >= 0.6 is 0 Å². The molecular weight excluding hydrogens is 214 g/mol. The molecule has 1 aromatic rings. The topological polar surface area (TPSA) is 44.5 Å². The van der Waals surface area contributed by atoms with E-state index in [4.69, 9.17) is 15.2 Å². The molecule has 0 saturated carbocycles. The summed E-state index contributed by atoms with van der Waals surface area (Å²) in [4.78, 5) is 0. The van der Waals surface area contributed by atoms with E-state index in [1.165, 1.54) is 11.1 Å². The van der Waals surface area contributed by atoms with Crippen molar-refractivity contribution in [2.24, 2.45) is 5.73 Å². The molecule has 1 fully saturated rings. The van der Waals surface area contributed by atoms with Gasteiger partial charge in [0.1, 0.15) is 5.75 Å². The SMILES string of the molecule is CCc1cc(C2(N)CCOCC2)ccc1OC. The van der Waals surface area contributed by atoms with Crippen LogP contribution in [0.15, 0.2) is 18.2 Å². The zero-order valence-corrected chi connectivity index (χ0v) is 10.7. The lowest BCUT2D eigenvalue weighted by Gasteiger charge is -2.34. The first-order valence-corrected chi connectivity index (χ1v) is 6.23. The van der Waals surface area contributed by atoms with Crippen LogP contribution in [0.1, 0.15) is 30.9 Å². The predicted molar refractivity (Wildman–Crippen MR) is 68.3 cm³/mol. The van der Waals surface area contributed by atoms with Crippen molar-refractivity contribution in [2.75, 3.05) is 20.3 Å². The fraction of sp³-hybridized carbons (Fsp3) is 0.571. The predicted octanol–water partition coefficient (Wildman–Crippen LogP) is 2.22. The highest BCUT2D eigenvalue weighted by molar-refractivity contribution is 5.40. The van der Waals surface area contributed by atoms with Crippen molar-refractivity contribution in [2.45, 2.75) is 31.7 Å². The Labute approximate surface area is 103 Å². The van der Waals surface area contributed by atoms with Crippen molar-refractivity contribution in [1.29, 1.82) is 0 Å². The summed E-state index contributed by atoms with van der Waals surface area (Å²) in [5.41, 5.74) is 8.68. The van der Waals surface area contributed by atoms with E-state index in [0.29, 0.717) is 0 Å². The van der Waals surface area contributed by atoms with Gasteiger partial charge in [-0.15, -0.1) is 0 Å². The van der Waals surface area contributed by atoms with Crippen LogP contribution in [0.2, 0.25) is 0 Å². The normalized spacial score (nSPS) is 19.0. The van der Waals surface area contributed by atoms with Gasteiger partial charge in [-0.25, -0.2) is 0 Å². The van der Waals surface area contributed by atoms with Crippen molar-refractivity contribution in [3.8, 4) is 5.75 Å². The first-order chi connectivity index (χ1) is 8.19. The second-order valence-electron chi connectivity index (χ2n) is 4.65. The lowest BCUT2D eigenvalue weighted by molar-refractivity contribution is 0.0522. The van der Waals surface area contributed by atoms with Crippen molar-refractivity contribution in [1.82, 2.24) is 0 Å². The highest BCUT2D eigenvalue weighted by Gasteiger charge is 2.30. The average molecular weight is 235 g/mol. The Morgan fingerprint density at radius 1 is 1.35 bits per heavy atom. The van der Waals surface area contributed by atoms with Crippen LogP contribution in [0.25, 0.3) is 0 Å². The number of benzene rings is 1. The van der Waals surface area contributed by atoms with E-state index in [-0.39, 0.29) is 5.54 Å². The highest BCUT2D eigenvalue weighted by atomic mass is 16.5. The van der Waals surface area contributed by atoms with E-state index >= 15 is 0 Å². The van der Waals surface area contributed by atoms with Gasteiger partial charge in [0.05, 0.1) is 7.11 Å². The third-order valence-corrected chi connectivity index (χ3v) is 3.62. The smallest absolute Gasteiger partial charge is 0.122 e. The zero-order valence-electron chi connectivity index (χ0n) is 10.7. The lowest BCUT2D eigenvalue weighted by atomic mass is 9.83. The Balaban J connectivity index is 2.32. The Morgan fingerprint density at radius 3 is 2.65 bits per heavy atom. The third kappa shape index (κ3) is 2.45. The minimum absolute atomic E-state index is 0.228. The fourth-order valence-electron chi connectivity index (χ4n) is 2.39. The number of hydrogen-bond acceptors (Lipinski definition) is 3. The Bertz CT molecular complexity index is 384. The molecule has 2 rings (SSSR count). The number of aryl methyl sites for hydroxylation is 1. The molecule has 1 aromatic carbocycles. The number of nitrogens with two attached hydrogens (primary N) is 1. The standard InChI is InChI=1S/C14H21NO2/c1-3-11-10-12(4-5-13(11)16-2)14(15)6-8-17-9-7-14/h4-5,10H,3,6-9,15H2,1-2H3. The molecule has 0 amide bonds. The minimum atomic E-state index is -0.228. The molecule has 3 nitrogen and oxygen atoms in total. The number of ether oxygens (including phenoxy) is 2. The number of rotatable bonds is 3. The molecule has 0 aliphatic carbocycles. The highest BCUT2D eigenvalue weighted by Crippen LogP contribution is 2.32. The van der Waals surface area contributed by atoms with Gasteiger partial charge in [0.15, 0.2) is 0 Å². The van der Waals surface area contributed by atoms with Crippen molar-refractivity contribution < 1.29 is 9.47 Å². The van der Waals surface area contributed by atoms with Gasteiger partial charge in [0.2, 0.25) is 0 Å². The Morgan fingerprint density at radius 2 is 2.06 bits per heavy atom. The van der Waals surface area contributed by atoms with E-state index < -0.39 is 0 Å². The van der Waals surface area contributed by atoms with E-state index in [1.807, 2.05) is 6.07 Å². The molecule has 0 bridgehead atoms. The van der Waals surface area contributed by atoms with Crippen LogP contribution in [0.4, 0.5) is 0 Å². The molecule has 1 aliphatic rings. The van der Waals surface area contributed by atoms with E-state index in [1.54, 1.807) is 7.11 Å². The van der Waals surface area contributed by atoms with Gasteiger partial charge in [-0.05, 0) is 36.5 Å². The second-order valence-corrected chi connectivity index (χ2v) is 4.65. The first-order valence-electron chi connectivity index (χ1n) is 6.23. The molecule has 0 unspecified atom stereocenters. The van der Waals surface area contributed by atoms with Gasteiger partial charge < -0.3 is 15.2 Å². The maximum atomic E-state index is 6.47. The summed E-state index contributed by atoms with van der Waals surface area (Å²) in [6, 6.07) is 6.30. The first kappa shape index (κ1) is 12.4. The van der Waals surface area contributed by atoms with E-state index in [0.717, 1.165) is 38.2 Å². The molecule has 0 atom stereocenters. The molecule has 1 aliphatic heterocycles. The van der Waals surface area contributed by atoms with Crippen molar-refractivity contribution in [3.05, 3.63) is 29.3 Å². The van der Waals surface area contributed by atoms with Gasteiger partial charge in [-0.1, -0.05) is 19.1 Å². The Hall–Kier alpha value is -1.06. The molecule has 1 saturated heterocycles. The second kappa shape index (κ2) is 5.07. The van der Waals surface area contributed by atoms with Gasteiger partial charge in [0, 0.05) is 18.8 Å². The van der Waals surface area contributed by atoms with Crippen LogP contribution in [-0.2, 0) is 16.7 Å². The lowest BCUT2D eigenvalue weighted by Crippen LogP contribution is -2.42. The van der Waals surface area contributed by atoms with Crippen molar-refractivity contribution in [3.63, 3.8) is 0 Å².